The Labute approximate surface area is 91.6 Å². The van der Waals surface area contributed by atoms with E-state index >= 15 is 0 Å². The highest BCUT2D eigenvalue weighted by atomic mass is 16.8. The molecule has 1 saturated heterocycles. The summed E-state index contributed by atoms with van der Waals surface area (Å²) in [5.41, 5.74) is 0. The fourth-order valence-corrected chi connectivity index (χ4v) is 1.15. The van der Waals surface area contributed by atoms with Crippen molar-refractivity contribution in [3.05, 3.63) is 0 Å². The summed E-state index contributed by atoms with van der Waals surface area (Å²) < 4.78 is 18.3. The van der Waals surface area contributed by atoms with Crippen molar-refractivity contribution in [3.63, 3.8) is 0 Å². The summed E-state index contributed by atoms with van der Waals surface area (Å²) in [6, 6.07) is 0. The average molecular weight is 232 g/mol. The van der Waals surface area contributed by atoms with Gasteiger partial charge in [0, 0.05) is 0 Å². The second kappa shape index (κ2) is 5.34. The van der Waals surface area contributed by atoms with Crippen molar-refractivity contribution in [3.8, 4) is 0 Å². The van der Waals surface area contributed by atoms with Gasteiger partial charge in [0.05, 0.1) is 13.2 Å². The first-order chi connectivity index (χ1) is 7.60. The third-order valence-electron chi connectivity index (χ3n) is 1.76. The minimum Gasteiger partial charge on any atom is -0.463 e. The predicted molar refractivity (Wildman–Crippen MR) is 48.4 cm³/mol. The van der Waals surface area contributed by atoms with Crippen LogP contribution in [0, 0.1) is 0 Å². The Hall–Kier alpha value is -1.79. The number of carbonyl (C=O) groups excluding carboxylic acids is 3. The number of cyclic esters (lactones) is 2. The number of rotatable bonds is 4. The highest BCUT2D eigenvalue weighted by molar-refractivity contribution is 5.90. The Balaban J connectivity index is 2.69. The smallest absolute Gasteiger partial charge is 0.463 e. The van der Waals surface area contributed by atoms with Crippen LogP contribution in [-0.4, -0.2) is 43.5 Å². The van der Waals surface area contributed by atoms with Gasteiger partial charge in [-0.15, -0.1) is 0 Å². The number of ether oxygens (including phenoxy) is 4. The molecule has 7 nitrogen and oxygen atoms in total. The van der Waals surface area contributed by atoms with E-state index in [0.29, 0.717) is 0 Å². The third-order valence-corrected chi connectivity index (χ3v) is 1.76. The molecule has 1 heterocycles. The first kappa shape index (κ1) is 12.3. The predicted octanol–water partition coefficient (Wildman–Crippen LogP) is 0.0166. The molecule has 0 amide bonds. The molecule has 0 bridgehead atoms. The van der Waals surface area contributed by atoms with E-state index in [1.807, 2.05) is 0 Å². The lowest BCUT2D eigenvalue weighted by molar-refractivity contribution is -0.163. The molecule has 16 heavy (non-hydrogen) atoms. The number of hydrogen-bond acceptors (Lipinski definition) is 7. The summed E-state index contributed by atoms with van der Waals surface area (Å²) in [6.07, 6.45) is -3.85. The van der Waals surface area contributed by atoms with Crippen molar-refractivity contribution >= 4 is 18.1 Å². The molecule has 0 aromatic carbocycles. The molecule has 7 heteroatoms. The molecular formula is C9H12O7. The molecule has 0 aromatic heterocycles. The van der Waals surface area contributed by atoms with Gasteiger partial charge < -0.3 is 18.9 Å². The lowest BCUT2D eigenvalue weighted by Gasteiger charge is -2.12. The SMILES string of the molecule is CCOC(=O)C1OC(=O)OC1C(=O)OCC. The number of esters is 2. The molecule has 0 saturated carbocycles. The molecule has 2 unspecified atom stereocenters. The lowest BCUT2D eigenvalue weighted by atomic mass is 10.2. The minimum absolute atomic E-state index is 0.114. The summed E-state index contributed by atoms with van der Waals surface area (Å²) in [4.78, 5) is 33.5. The zero-order valence-electron chi connectivity index (χ0n) is 8.93. The van der Waals surface area contributed by atoms with Gasteiger partial charge in [0.2, 0.25) is 12.2 Å². The molecule has 1 fully saturated rings. The van der Waals surface area contributed by atoms with E-state index < -0.39 is 30.3 Å². The van der Waals surface area contributed by atoms with Crippen LogP contribution in [0.25, 0.3) is 0 Å². The summed E-state index contributed by atoms with van der Waals surface area (Å²) >= 11 is 0. The van der Waals surface area contributed by atoms with Crippen LogP contribution >= 0.6 is 0 Å². The molecule has 0 radical (unpaired) electrons. The molecule has 2 atom stereocenters. The zero-order chi connectivity index (χ0) is 12.1. The van der Waals surface area contributed by atoms with E-state index in [1.54, 1.807) is 13.8 Å². The first-order valence-electron chi connectivity index (χ1n) is 4.80. The third kappa shape index (κ3) is 2.62. The molecular weight excluding hydrogens is 220 g/mol. The van der Waals surface area contributed by atoms with Crippen LogP contribution in [0.1, 0.15) is 13.8 Å². The molecule has 90 valence electrons. The maximum Gasteiger partial charge on any atom is 0.510 e. The van der Waals surface area contributed by atoms with Crippen molar-refractivity contribution < 1.29 is 33.3 Å². The second-order valence-electron chi connectivity index (χ2n) is 2.83. The Bertz CT molecular complexity index is 270. The summed E-state index contributed by atoms with van der Waals surface area (Å²) in [6.45, 7) is 3.41. The van der Waals surface area contributed by atoms with Crippen LogP contribution < -0.4 is 0 Å². The molecule has 1 aliphatic rings. The Morgan fingerprint density at radius 3 is 1.75 bits per heavy atom. The summed E-state index contributed by atoms with van der Waals surface area (Å²) in [7, 11) is 0. The van der Waals surface area contributed by atoms with Crippen molar-refractivity contribution in [1.29, 1.82) is 0 Å². The first-order valence-corrected chi connectivity index (χ1v) is 4.80. The fraction of sp³-hybridized carbons (Fsp3) is 0.667. The van der Waals surface area contributed by atoms with Crippen LogP contribution in [0.15, 0.2) is 0 Å². The van der Waals surface area contributed by atoms with Gasteiger partial charge in [-0.2, -0.15) is 0 Å². The topological polar surface area (TPSA) is 88.1 Å². The number of carbonyl (C=O) groups is 3. The fourth-order valence-electron chi connectivity index (χ4n) is 1.15. The number of hydrogen-bond donors (Lipinski definition) is 0. The summed E-state index contributed by atoms with van der Waals surface area (Å²) in [5.74, 6) is -1.65. The van der Waals surface area contributed by atoms with Crippen molar-refractivity contribution in [2.24, 2.45) is 0 Å². The van der Waals surface area contributed by atoms with Crippen LogP contribution in [0.4, 0.5) is 4.79 Å². The van der Waals surface area contributed by atoms with E-state index in [-0.39, 0.29) is 13.2 Å². The van der Waals surface area contributed by atoms with E-state index in [9.17, 15) is 14.4 Å². The molecule has 1 rings (SSSR count). The molecule has 0 N–H and O–H groups in total. The van der Waals surface area contributed by atoms with Gasteiger partial charge in [-0.3, -0.25) is 0 Å². The van der Waals surface area contributed by atoms with Gasteiger partial charge in [0.15, 0.2) is 0 Å². The molecule has 0 spiro atoms. The zero-order valence-corrected chi connectivity index (χ0v) is 8.93. The Kier molecular flexibility index (Phi) is 4.10. The van der Waals surface area contributed by atoms with Crippen LogP contribution in [-0.2, 0) is 28.5 Å². The average Bonchev–Trinajstić information content (AvgIpc) is 2.61. The van der Waals surface area contributed by atoms with Crippen LogP contribution in [0.3, 0.4) is 0 Å². The maximum absolute atomic E-state index is 11.3. The normalized spacial score (nSPS) is 23.2. The lowest BCUT2D eigenvalue weighted by Crippen LogP contribution is -2.39. The maximum atomic E-state index is 11.3. The van der Waals surface area contributed by atoms with E-state index in [2.05, 4.69) is 18.9 Å². The van der Waals surface area contributed by atoms with Crippen molar-refractivity contribution in [2.75, 3.05) is 13.2 Å². The standard InChI is InChI=1S/C9H12O7/c1-3-13-7(10)5-6(8(11)14-4-2)16-9(12)15-5/h5-6H,3-4H2,1-2H3. The quantitative estimate of drug-likeness (QED) is 0.498. The van der Waals surface area contributed by atoms with Gasteiger partial charge in [-0.05, 0) is 13.8 Å². The van der Waals surface area contributed by atoms with Gasteiger partial charge >= 0.3 is 18.1 Å². The molecule has 0 aliphatic carbocycles. The summed E-state index contributed by atoms with van der Waals surface area (Å²) in [5, 5.41) is 0. The van der Waals surface area contributed by atoms with E-state index in [4.69, 9.17) is 0 Å². The van der Waals surface area contributed by atoms with Gasteiger partial charge in [-0.25, -0.2) is 14.4 Å². The Morgan fingerprint density at radius 2 is 1.44 bits per heavy atom. The van der Waals surface area contributed by atoms with E-state index in [0.717, 1.165) is 0 Å². The highest BCUT2D eigenvalue weighted by Gasteiger charge is 2.48. The van der Waals surface area contributed by atoms with Gasteiger partial charge in [-0.1, -0.05) is 0 Å². The minimum atomic E-state index is -1.38. The second-order valence-corrected chi connectivity index (χ2v) is 2.83. The largest absolute Gasteiger partial charge is 0.510 e. The monoisotopic (exact) mass is 232 g/mol. The molecule has 0 aromatic rings. The van der Waals surface area contributed by atoms with Gasteiger partial charge in [0.25, 0.3) is 0 Å². The van der Waals surface area contributed by atoms with Crippen molar-refractivity contribution in [1.82, 2.24) is 0 Å². The van der Waals surface area contributed by atoms with Crippen LogP contribution in [0.2, 0.25) is 0 Å². The highest BCUT2D eigenvalue weighted by Crippen LogP contribution is 2.18. The van der Waals surface area contributed by atoms with Gasteiger partial charge in [0.1, 0.15) is 0 Å². The van der Waals surface area contributed by atoms with E-state index in [1.165, 1.54) is 0 Å². The molecule has 1 aliphatic heterocycles. The van der Waals surface area contributed by atoms with Crippen molar-refractivity contribution in [2.45, 2.75) is 26.1 Å². The van der Waals surface area contributed by atoms with Crippen LogP contribution in [0.5, 0.6) is 0 Å². The Morgan fingerprint density at radius 1 is 1.06 bits per heavy atom.